The van der Waals surface area contributed by atoms with Gasteiger partial charge in [0.25, 0.3) is 0 Å². The van der Waals surface area contributed by atoms with Crippen LogP contribution in [-0.2, 0) is 0 Å². The Labute approximate surface area is 118 Å². The largest absolute Gasteiger partial charge is 0.398 e. The molecule has 0 aliphatic rings. The molecule has 0 atom stereocenters. The van der Waals surface area contributed by atoms with E-state index in [9.17, 15) is 0 Å². The number of thiazole rings is 1. The number of anilines is 1. The molecule has 3 aromatic rings. The Morgan fingerprint density at radius 1 is 1.21 bits per heavy atom. The number of fused-ring (bicyclic) bond motifs is 1. The third kappa shape index (κ3) is 2.41. The smallest absolute Gasteiger partial charge is 0.155 e. The first-order chi connectivity index (χ1) is 9.26. The van der Waals surface area contributed by atoms with Crippen LogP contribution in [0.1, 0.15) is 5.56 Å². The van der Waals surface area contributed by atoms with Gasteiger partial charge >= 0.3 is 0 Å². The zero-order valence-corrected chi connectivity index (χ0v) is 11.5. The van der Waals surface area contributed by atoms with E-state index in [0.29, 0.717) is 11.3 Å². The fourth-order valence-electron chi connectivity index (χ4n) is 1.70. The minimum Gasteiger partial charge on any atom is -0.398 e. The topological polar surface area (TPSA) is 62.7 Å². The van der Waals surface area contributed by atoms with Crippen LogP contribution in [0, 0.1) is 11.3 Å². The standard InChI is InChI=1S/C14H9N3S2/c15-8-9-5-6-12(10(16)7-9)18-14-17-11-3-1-2-4-13(11)19-14/h1-7H,16H2. The molecule has 0 amide bonds. The lowest BCUT2D eigenvalue weighted by atomic mass is 10.2. The SMILES string of the molecule is N#Cc1ccc(Sc2nc3ccccc3s2)c(N)c1. The van der Waals surface area contributed by atoms with Gasteiger partial charge in [0.2, 0.25) is 0 Å². The van der Waals surface area contributed by atoms with E-state index in [2.05, 4.69) is 17.1 Å². The van der Waals surface area contributed by atoms with Crippen LogP contribution in [0.25, 0.3) is 10.2 Å². The van der Waals surface area contributed by atoms with Crippen LogP contribution in [-0.4, -0.2) is 4.98 Å². The Morgan fingerprint density at radius 2 is 2.05 bits per heavy atom. The van der Waals surface area contributed by atoms with Gasteiger partial charge in [0, 0.05) is 10.6 Å². The average Bonchev–Trinajstić information content (AvgIpc) is 2.83. The predicted octanol–water partition coefficient (Wildman–Crippen LogP) is 3.90. The number of aromatic nitrogens is 1. The van der Waals surface area contributed by atoms with Crippen LogP contribution in [0.2, 0.25) is 0 Å². The molecular formula is C14H9N3S2. The van der Waals surface area contributed by atoms with Crippen molar-refractivity contribution in [2.75, 3.05) is 5.73 Å². The number of benzene rings is 2. The highest BCUT2D eigenvalue weighted by Crippen LogP contribution is 2.36. The lowest BCUT2D eigenvalue weighted by molar-refractivity contribution is 1.29. The van der Waals surface area contributed by atoms with Gasteiger partial charge in [0.1, 0.15) is 0 Å². The maximum absolute atomic E-state index is 8.82. The summed E-state index contributed by atoms with van der Waals surface area (Å²) in [6.45, 7) is 0. The van der Waals surface area contributed by atoms with Gasteiger partial charge in [0.15, 0.2) is 4.34 Å². The zero-order valence-electron chi connectivity index (χ0n) is 9.83. The number of nitrogens with two attached hydrogens (primary N) is 1. The van der Waals surface area contributed by atoms with Gasteiger partial charge in [-0.1, -0.05) is 23.9 Å². The Bertz CT molecular complexity index is 754. The van der Waals surface area contributed by atoms with Crippen molar-refractivity contribution in [3.63, 3.8) is 0 Å². The maximum atomic E-state index is 8.82. The molecule has 3 nitrogen and oxygen atoms in total. The van der Waals surface area contributed by atoms with E-state index in [1.807, 2.05) is 24.3 Å². The summed E-state index contributed by atoms with van der Waals surface area (Å²) in [5.74, 6) is 0. The van der Waals surface area contributed by atoms with Crippen molar-refractivity contribution >= 4 is 39.0 Å². The molecule has 0 aliphatic carbocycles. The van der Waals surface area contributed by atoms with E-state index in [4.69, 9.17) is 11.0 Å². The molecule has 19 heavy (non-hydrogen) atoms. The summed E-state index contributed by atoms with van der Waals surface area (Å²) in [4.78, 5) is 5.48. The minimum atomic E-state index is 0.575. The van der Waals surface area contributed by atoms with Gasteiger partial charge in [-0.05, 0) is 30.3 Å². The van der Waals surface area contributed by atoms with Crippen molar-refractivity contribution in [1.29, 1.82) is 5.26 Å². The van der Waals surface area contributed by atoms with Gasteiger partial charge in [-0.3, -0.25) is 0 Å². The molecule has 3 rings (SSSR count). The molecule has 0 bridgehead atoms. The quantitative estimate of drug-likeness (QED) is 0.724. The Hall–Kier alpha value is -2.03. The van der Waals surface area contributed by atoms with E-state index < -0.39 is 0 Å². The second kappa shape index (κ2) is 4.92. The lowest BCUT2D eigenvalue weighted by Gasteiger charge is -2.02. The highest BCUT2D eigenvalue weighted by Gasteiger charge is 2.08. The van der Waals surface area contributed by atoms with E-state index in [1.165, 1.54) is 11.8 Å². The van der Waals surface area contributed by atoms with Gasteiger partial charge in [-0.15, -0.1) is 11.3 Å². The molecule has 0 spiro atoms. The van der Waals surface area contributed by atoms with Gasteiger partial charge < -0.3 is 5.73 Å². The fraction of sp³-hybridized carbons (Fsp3) is 0. The fourth-order valence-corrected chi connectivity index (χ4v) is 3.75. The summed E-state index contributed by atoms with van der Waals surface area (Å²) in [5, 5.41) is 8.82. The molecular weight excluding hydrogens is 274 g/mol. The maximum Gasteiger partial charge on any atom is 0.155 e. The number of para-hydroxylation sites is 1. The molecule has 2 N–H and O–H groups in total. The number of rotatable bonds is 2. The normalized spacial score (nSPS) is 10.5. The molecule has 0 fully saturated rings. The molecule has 92 valence electrons. The van der Waals surface area contributed by atoms with Gasteiger partial charge in [0.05, 0.1) is 21.8 Å². The summed E-state index contributed by atoms with van der Waals surface area (Å²) in [7, 11) is 0. The van der Waals surface area contributed by atoms with E-state index in [-0.39, 0.29) is 0 Å². The number of nitrogen functional groups attached to an aromatic ring is 1. The molecule has 2 aromatic carbocycles. The van der Waals surface area contributed by atoms with E-state index in [0.717, 1.165) is 19.5 Å². The number of hydrogen-bond donors (Lipinski definition) is 1. The van der Waals surface area contributed by atoms with Crippen LogP contribution in [0.15, 0.2) is 51.7 Å². The van der Waals surface area contributed by atoms with Crippen molar-refractivity contribution in [2.45, 2.75) is 9.24 Å². The van der Waals surface area contributed by atoms with Crippen molar-refractivity contribution in [1.82, 2.24) is 4.98 Å². The molecule has 1 aromatic heterocycles. The molecule has 0 aliphatic heterocycles. The van der Waals surface area contributed by atoms with Crippen molar-refractivity contribution in [2.24, 2.45) is 0 Å². The third-order valence-corrected chi connectivity index (χ3v) is 4.80. The Balaban J connectivity index is 1.94. The third-order valence-electron chi connectivity index (χ3n) is 2.61. The first-order valence-corrected chi connectivity index (χ1v) is 7.22. The summed E-state index contributed by atoms with van der Waals surface area (Å²) in [6.07, 6.45) is 0. The first kappa shape index (κ1) is 12.0. The molecule has 0 saturated heterocycles. The highest BCUT2D eigenvalue weighted by molar-refractivity contribution is 8.01. The molecule has 5 heteroatoms. The zero-order chi connectivity index (χ0) is 13.2. The lowest BCUT2D eigenvalue weighted by Crippen LogP contribution is -1.89. The van der Waals surface area contributed by atoms with Crippen LogP contribution in [0.3, 0.4) is 0 Å². The highest BCUT2D eigenvalue weighted by atomic mass is 32.2. The summed E-state index contributed by atoms with van der Waals surface area (Å²) < 4.78 is 2.12. The van der Waals surface area contributed by atoms with E-state index in [1.54, 1.807) is 23.5 Å². The Kier molecular flexibility index (Phi) is 3.11. The second-order valence-corrected chi connectivity index (χ2v) is 6.23. The first-order valence-electron chi connectivity index (χ1n) is 5.59. The molecule has 0 radical (unpaired) electrons. The molecule has 1 heterocycles. The summed E-state index contributed by atoms with van der Waals surface area (Å²) >= 11 is 3.17. The van der Waals surface area contributed by atoms with Gasteiger partial charge in [-0.25, -0.2) is 4.98 Å². The van der Waals surface area contributed by atoms with Crippen LogP contribution in [0.5, 0.6) is 0 Å². The monoisotopic (exact) mass is 283 g/mol. The molecule has 0 saturated carbocycles. The van der Waals surface area contributed by atoms with Crippen LogP contribution < -0.4 is 5.73 Å². The summed E-state index contributed by atoms with van der Waals surface area (Å²) in [6, 6.07) is 15.4. The van der Waals surface area contributed by atoms with Crippen LogP contribution >= 0.6 is 23.1 Å². The Morgan fingerprint density at radius 3 is 2.79 bits per heavy atom. The summed E-state index contributed by atoms with van der Waals surface area (Å²) in [5.41, 5.74) is 8.14. The van der Waals surface area contributed by atoms with Gasteiger partial charge in [-0.2, -0.15) is 5.26 Å². The minimum absolute atomic E-state index is 0.575. The van der Waals surface area contributed by atoms with Crippen molar-refractivity contribution in [3.8, 4) is 6.07 Å². The second-order valence-electron chi connectivity index (χ2n) is 3.91. The molecule has 0 unspecified atom stereocenters. The number of hydrogen-bond acceptors (Lipinski definition) is 5. The van der Waals surface area contributed by atoms with Crippen molar-refractivity contribution < 1.29 is 0 Å². The van der Waals surface area contributed by atoms with Crippen molar-refractivity contribution in [3.05, 3.63) is 48.0 Å². The predicted molar refractivity (Wildman–Crippen MR) is 79.3 cm³/mol. The van der Waals surface area contributed by atoms with Crippen LogP contribution in [0.4, 0.5) is 5.69 Å². The van der Waals surface area contributed by atoms with E-state index >= 15 is 0 Å². The number of nitriles is 1. The number of nitrogens with zero attached hydrogens (tertiary/aromatic N) is 2. The average molecular weight is 283 g/mol.